The van der Waals surface area contributed by atoms with Gasteiger partial charge in [0.1, 0.15) is 0 Å². The van der Waals surface area contributed by atoms with Gasteiger partial charge in [-0.1, -0.05) is 0 Å². The Bertz CT molecular complexity index is 375. The van der Waals surface area contributed by atoms with Gasteiger partial charge in [0, 0.05) is 24.4 Å². The minimum absolute atomic E-state index is 0. The molecule has 1 amide bonds. The highest BCUT2D eigenvalue weighted by atomic mass is 35.5. The van der Waals surface area contributed by atoms with Crippen LogP contribution in [0.3, 0.4) is 0 Å². The van der Waals surface area contributed by atoms with Crippen molar-refractivity contribution in [1.29, 1.82) is 0 Å². The molecular formula is C12H21Cl2N3OS. The summed E-state index contributed by atoms with van der Waals surface area (Å²) >= 11 is 1.58. The number of thiazole rings is 1. The minimum atomic E-state index is 0. The number of nitrogens with two attached hydrogens (primary N) is 1. The summed E-state index contributed by atoms with van der Waals surface area (Å²) in [5.41, 5.74) is 8.49. The molecular weight excluding hydrogens is 305 g/mol. The van der Waals surface area contributed by atoms with E-state index in [0.717, 1.165) is 25.1 Å². The zero-order chi connectivity index (χ0) is 12.3. The third-order valence-corrected chi connectivity index (χ3v) is 4.03. The van der Waals surface area contributed by atoms with Gasteiger partial charge in [-0.15, -0.1) is 36.2 Å². The van der Waals surface area contributed by atoms with Crippen molar-refractivity contribution in [3.63, 3.8) is 0 Å². The average Bonchev–Trinajstić information content (AvgIpc) is 2.94. The lowest BCUT2D eigenvalue weighted by molar-refractivity contribution is -0.131. The number of likely N-dealkylation sites (tertiary alicyclic amines) is 1. The number of carbonyl (C=O) groups is 1. The van der Waals surface area contributed by atoms with Gasteiger partial charge in [0.15, 0.2) is 0 Å². The van der Waals surface area contributed by atoms with Crippen molar-refractivity contribution in [2.24, 2.45) is 11.7 Å². The van der Waals surface area contributed by atoms with Crippen molar-refractivity contribution >= 4 is 42.1 Å². The zero-order valence-electron chi connectivity index (χ0n) is 10.9. The maximum atomic E-state index is 12.1. The minimum Gasteiger partial charge on any atom is -0.340 e. The normalized spacial score (nSPS) is 21.7. The Morgan fingerprint density at radius 1 is 1.58 bits per heavy atom. The first-order valence-corrected chi connectivity index (χ1v) is 7.01. The Morgan fingerprint density at radius 2 is 2.32 bits per heavy atom. The lowest BCUT2D eigenvalue weighted by Crippen LogP contribution is -2.34. The lowest BCUT2D eigenvalue weighted by Gasteiger charge is -2.21. The zero-order valence-corrected chi connectivity index (χ0v) is 13.4. The molecule has 2 unspecified atom stereocenters. The highest BCUT2D eigenvalue weighted by molar-refractivity contribution is 7.07. The van der Waals surface area contributed by atoms with Gasteiger partial charge in [0.25, 0.3) is 0 Å². The van der Waals surface area contributed by atoms with Crippen molar-refractivity contribution < 1.29 is 4.79 Å². The van der Waals surface area contributed by atoms with Crippen LogP contribution in [0.4, 0.5) is 0 Å². The largest absolute Gasteiger partial charge is 0.340 e. The molecule has 0 saturated carbocycles. The van der Waals surface area contributed by atoms with E-state index in [1.807, 2.05) is 15.8 Å². The predicted molar refractivity (Wildman–Crippen MR) is 83.3 cm³/mol. The Morgan fingerprint density at radius 3 is 2.84 bits per heavy atom. The molecule has 1 fully saturated rings. The molecule has 1 aromatic rings. The second-order valence-corrected chi connectivity index (χ2v) is 5.43. The highest BCUT2D eigenvalue weighted by Gasteiger charge is 2.31. The van der Waals surface area contributed by atoms with Gasteiger partial charge in [-0.25, -0.2) is 4.98 Å². The third kappa shape index (κ3) is 4.91. The van der Waals surface area contributed by atoms with E-state index in [-0.39, 0.29) is 30.7 Å². The number of hydrogen-bond donors (Lipinski definition) is 1. The molecule has 2 heterocycles. The fourth-order valence-electron chi connectivity index (χ4n) is 2.40. The molecule has 1 aliphatic heterocycles. The van der Waals surface area contributed by atoms with Gasteiger partial charge in [-0.2, -0.15) is 0 Å². The summed E-state index contributed by atoms with van der Waals surface area (Å²) in [6.07, 6.45) is 2.35. The molecule has 2 rings (SSSR count). The average molecular weight is 326 g/mol. The van der Waals surface area contributed by atoms with E-state index >= 15 is 0 Å². The van der Waals surface area contributed by atoms with Crippen LogP contribution in [0.15, 0.2) is 10.9 Å². The van der Waals surface area contributed by atoms with Crippen molar-refractivity contribution in [3.8, 4) is 0 Å². The van der Waals surface area contributed by atoms with E-state index in [1.165, 1.54) is 0 Å². The number of hydrogen-bond acceptors (Lipinski definition) is 4. The van der Waals surface area contributed by atoms with Gasteiger partial charge in [-0.3, -0.25) is 4.79 Å². The van der Waals surface area contributed by atoms with Crippen molar-refractivity contribution in [3.05, 3.63) is 16.6 Å². The Kier molecular flexibility index (Phi) is 8.57. The summed E-state index contributed by atoms with van der Waals surface area (Å²) in [4.78, 5) is 18.2. The van der Waals surface area contributed by atoms with Gasteiger partial charge in [0.05, 0.1) is 11.2 Å². The van der Waals surface area contributed by atoms with Crippen LogP contribution < -0.4 is 5.73 Å². The predicted octanol–water partition coefficient (Wildman–Crippen LogP) is 2.12. The first kappa shape index (κ1) is 18.6. The summed E-state index contributed by atoms with van der Waals surface area (Å²) in [6.45, 7) is 3.62. The number of nitrogens with zero attached hydrogens (tertiary/aromatic N) is 2. The molecule has 0 bridgehead atoms. The Labute approximate surface area is 130 Å². The van der Waals surface area contributed by atoms with Crippen molar-refractivity contribution in [1.82, 2.24) is 9.88 Å². The quantitative estimate of drug-likeness (QED) is 0.922. The second kappa shape index (κ2) is 8.74. The molecule has 1 aliphatic rings. The molecule has 2 N–H and O–H groups in total. The van der Waals surface area contributed by atoms with Crippen LogP contribution in [0.1, 0.15) is 25.5 Å². The van der Waals surface area contributed by atoms with Crippen LogP contribution >= 0.6 is 36.2 Å². The number of halogens is 2. The molecule has 2 atom stereocenters. The maximum Gasteiger partial charge on any atom is 0.223 e. The molecule has 110 valence electrons. The third-order valence-electron chi connectivity index (χ3n) is 3.39. The molecule has 1 saturated heterocycles. The summed E-state index contributed by atoms with van der Waals surface area (Å²) in [5.74, 6) is 0.717. The van der Waals surface area contributed by atoms with Crippen molar-refractivity contribution in [2.45, 2.75) is 32.2 Å². The number of aryl methyl sites for hydroxylation is 1. The lowest BCUT2D eigenvalue weighted by atomic mass is 10.1. The summed E-state index contributed by atoms with van der Waals surface area (Å²) in [6, 6.07) is 0.339. The summed E-state index contributed by atoms with van der Waals surface area (Å²) < 4.78 is 0. The molecule has 19 heavy (non-hydrogen) atoms. The van der Waals surface area contributed by atoms with E-state index in [2.05, 4.69) is 11.9 Å². The van der Waals surface area contributed by atoms with Crippen LogP contribution in [0, 0.1) is 5.92 Å². The van der Waals surface area contributed by atoms with Crippen LogP contribution in [0.5, 0.6) is 0 Å². The number of rotatable bonds is 4. The highest BCUT2D eigenvalue weighted by Crippen LogP contribution is 2.23. The van der Waals surface area contributed by atoms with Crippen molar-refractivity contribution in [2.75, 3.05) is 13.1 Å². The molecule has 1 aromatic heterocycles. The van der Waals surface area contributed by atoms with Crippen LogP contribution in [-0.2, 0) is 11.2 Å². The Balaban J connectivity index is 0.00000162. The van der Waals surface area contributed by atoms with Gasteiger partial charge in [-0.05, 0) is 32.2 Å². The summed E-state index contributed by atoms with van der Waals surface area (Å²) in [7, 11) is 0. The molecule has 0 radical (unpaired) electrons. The fraction of sp³-hybridized carbons (Fsp3) is 0.667. The molecule has 7 heteroatoms. The summed E-state index contributed by atoms with van der Waals surface area (Å²) in [5, 5.41) is 2.00. The van der Waals surface area contributed by atoms with Gasteiger partial charge >= 0.3 is 0 Å². The number of carbonyl (C=O) groups excluding carboxylic acids is 1. The number of amides is 1. The van der Waals surface area contributed by atoms with E-state index < -0.39 is 0 Å². The van der Waals surface area contributed by atoms with E-state index in [0.29, 0.717) is 24.9 Å². The molecule has 0 spiro atoms. The molecule has 4 nitrogen and oxygen atoms in total. The molecule has 0 aliphatic carbocycles. The molecule has 0 aromatic carbocycles. The van der Waals surface area contributed by atoms with Gasteiger partial charge < -0.3 is 10.6 Å². The number of aromatic nitrogens is 1. The first-order valence-electron chi connectivity index (χ1n) is 6.07. The van der Waals surface area contributed by atoms with E-state index in [1.54, 1.807) is 11.3 Å². The Hall–Kier alpha value is -0.360. The van der Waals surface area contributed by atoms with Gasteiger partial charge in [0.2, 0.25) is 5.91 Å². The monoisotopic (exact) mass is 325 g/mol. The standard InChI is InChI=1S/C12H19N3OS.2ClH/c1-9-4-10(5-13)6-15(9)12(16)3-2-11-7-17-8-14-11;;/h7-10H,2-6,13H2,1H3;2*1H. The van der Waals surface area contributed by atoms with E-state index in [9.17, 15) is 4.79 Å². The van der Waals surface area contributed by atoms with Crippen LogP contribution in [0.25, 0.3) is 0 Å². The van der Waals surface area contributed by atoms with E-state index in [4.69, 9.17) is 5.73 Å². The fourth-order valence-corrected chi connectivity index (χ4v) is 2.99. The second-order valence-electron chi connectivity index (χ2n) is 4.71. The smallest absolute Gasteiger partial charge is 0.223 e. The topological polar surface area (TPSA) is 59.2 Å². The first-order chi connectivity index (χ1) is 8.20. The SMILES string of the molecule is CC1CC(CN)CN1C(=O)CCc1cscn1.Cl.Cl. The van der Waals surface area contributed by atoms with Crippen LogP contribution in [0.2, 0.25) is 0 Å². The maximum absolute atomic E-state index is 12.1. The van der Waals surface area contributed by atoms with Crippen LogP contribution in [-0.4, -0.2) is 34.9 Å².